The number of carbonyl (C=O) groups excluding carboxylic acids is 4. The third kappa shape index (κ3) is 3.12. The van der Waals surface area contributed by atoms with Crippen molar-refractivity contribution in [2.45, 2.75) is 62.7 Å². The fourth-order valence-corrected chi connectivity index (χ4v) is 4.14. The number of carbonyl (C=O) groups is 4. The summed E-state index contributed by atoms with van der Waals surface area (Å²) in [5.41, 5.74) is 0.983. The number of benzene rings is 1. The van der Waals surface area contributed by atoms with Crippen LogP contribution in [0.15, 0.2) is 24.3 Å². The lowest BCUT2D eigenvalue weighted by atomic mass is 10.2. The van der Waals surface area contributed by atoms with Gasteiger partial charge in [-0.2, -0.15) is 0 Å². The number of imide groups is 2. The molecular weight excluding hydrogens is 360 g/mol. The molecule has 0 bridgehead atoms. The van der Waals surface area contributed by atoms with Gasteiger partial charge in [-0.15, -0.1) is 0 Å². The van der Waals surface area contributed by atoms with Crippen molar-refractivity contribution in [2.24, 2.45) is 0 Å². The van der Waals surface area contributed by atoms with E-state index in [1.54, 1.807) is 24.3 Å². The molecule has 4 aliphatic rings. The highest BCUT2D eigenvalue weighted by Crippen LogP contribution is 2.28. The molecule has 0 aromatic heterocycles. The number of quaternary nitrogens is 2. The molecule has 0 radical (unpaired) electrons. The molecule has 146 valence electrons. The second-order valence-corrected chi connectivity index (χ2v) is 8.33. The zero-order valence-corrected chi connectivity index (χ0v) is 15.5. The van der Waals surface area contributed by atoms with Crippen molar-refractivity contribution in [3.8, 4) is 0 Å². The van der Waals surface area contributed by atoms with Crippen molar-refractivity contribution >= 4 is 35.0 Å². The minimum Gasteiger partial charge on any atom is -0.333 e. The van der Waals surface area contributed by atoms with Gasteiger partial charge in [0, 0.05) is 25.7 Å². The Morgan fingerprint density at radius 3 is 1.32 bits per heavy atom. The molecule has 4 amide bonds. The van der Waals surface area contributed by atoms with Crippen molar-refractivity contribution in [1.82, 2.24) is 0 Å². The fourth-order valence-electron chi connectivity index (χ4n) is 4.14. The largest absolute Gasteiger partial charge is 0.333 e. The zero-order valence-electron chi connectivity index (χ0n) is 15.5. The van der Waals surface area contributed by atoms with E-state index in [0.717, 1.165) is 25.7 Å². The lowest BCUT2D eigenvalue weighted by molar-refractivity contribution is -0.687. The maximum atomic E-state index is 12.6. The summed E-state index contributed by atoms with van der Waals surface area (Å²) < 4.78 is 0. The second kappa shape index (κ2) is 6.49. The summed E-state index contributed by atoms with van der Waals surface area (Å²) in [6.07, 6.45) is 4.85. The molecule has 2 aliphatic heterocycles. The minimum atomic E-state index is -0.333. The highest BCUT2D eigenvalue weighted by Gasteiger charge is 2.46. The molecule has 8 nitrogen and oxygen atoms in total. The first kappa shape index (κ1) is 17.5. The highest BCUT2D eigenvalue weighted by atomic mass is 16.2. The minimum absolute atomic E-state index is 0.183. The first-order valence-corrected chi connectivity index (χ1v) is 10.0. The Labute approximate surface area is 162 Å². The molecule has 2 atom stereocenters. The summed E-state index contributed by atoms with van der Waals surface area (Å²) in [4.78, 5) is 52.4. The lowest BCUT2D eigenvalue weighted by Gasteiger charge is -2.17. The number of nitrogens with two attached hydrogens (primary N) is 2. The van der Waals surface area contributed by atoms with E-state index >= 15 is 0 Å². The molecule has 2 saturated carbocycles. The van der Waals surface area contributed by atoms with Crippen LogP contribution in [0.5, 0.6) is 0 Å². The van der Waals surface area contributed by atoms with Gasteiger partial charge in [-0.1, -0.05) is 0 Å². The summed E-state index contributed by atoms with van der Waals surface area (Å²) in [7, 11) is 0. The van der Waals surface area contributed by atoms with Gasteiger partial charge in [0.15, 0.2) is 12.1 Å². The third-order valence-corrected chi connectivity index (χ3v) is 5.98. The summed E-state index contributed by atoms with van der Waals surface area (Å²) in [5, 5.41) is 4.01. The Balaban J connectivity index is 1.31. The monoisotopic (exact) mass is 384 g/mol. The molecule has 1 aromatic carbocycles. The van der Waals surface area contributed by atoms with Crippen LogP contribution in [0.4, 0.5) is 11.4 Å². The first-order chi connectivity index (χ1) is 13.5. The van der Waals surface area contributed by atoms with Gasteiger partial charge in [0.1, 0.15) is 0 Å². The van der Waals surface area contributed by atoms with Gasteiger partial charge in [-0.25, -0.2) is 9.80 Å². The average Bonchev–Trinajstić information content (AvgIpc) is 3.57. The van der Waals surface area contributed by atoms with E-state index in [4.69, 9.17) is 0 Å². The standard InChI is InChI=1S/C20H22N4O4/c25-17-9-15(21-11-1-2-11)19(27)23(17)13-5-7-14(8-6-13)24-18(26)10-16(20(24)28)22-12-3-4-12/h5-8,11-12,15-16,21-22H,1-4,9-10H2/p+2/t15-,16-/m0/s1. The van der Waals surface area contributed by atoms with E-state index in [2.05, 4.69) is 0 Å². The normalized spacial score (nSPS) is 28.0. The van der Waals surface area contributed by atoms with Gasteiger partial charge < -0.3 is 10.6 Å². The number of anilines is 2. The van der Waals surface area contributed by atoms with Gasteiger partial charge >= 0.3 is 0 Å². The number of amides is 4. The summed E-state index contributed by atoms with van der Waals surface area (Å²) >= 11 is 0. The van der Waals surface area contributed by atoms with Crippen LogP contribution >= 0.6 is 0 Å². The van der Waals surface area contributed by atoms with Crippen LogP contribution in [0.1, 0.15) is 38.5 Å². The molecule has 28 heavy (non-hydrogen) atoms. The molecule has 1 aromatic rings. The van der Waals surface area contributed by atoms with Crippen molar-refractivity contribution < 1.29 is 29.8 Å². The molecule has 4 N–H and O–H groups in total. The van der Waals surface area contributed by atoms with Gasteiger partial charge in [0.05, 0.1) is 36.3 Å². The zero-order chi connectivity index (χ0) is 19.4. The maximum absolute atomic E-state index is 12.6. The quantitative estimate of drug-likeness (QED) is 0.576. The molecule has 8 heteroatoms. The van der Waals surface area contributed by atoms with Gasteiger partial charge in [-0.05, 0) is 24.3 Å². The Kier molecular flexibility index (Phi) is 4.06. The van der Waals surface area contributed by atoms with Crippen LogP contribution < -0.4 is 20.4 Å². The van der Waals surface area contributed by atoms with Crippen molar-refractivity contribution in [2.75, 3.05) is 9.80 Å². The van der Waals surface area contributed by atoms with Crippen LogP contribution in [-0.2, 0) is 19.2 Å². The second-order valence-electron chi connectivity index (χ2n) is 8.33. The van der Waals surface area contributed by atoms with Crippen LogP contribution in [0.3, 0.4) is 0 Å². The third-order valence-electron chi connectivity index (χ3n) is 5.98. The van der Waals surface area contributed by atoms with E-state index in [9.17, 15) is 19.2 Å². The number of hydrogen-bond acceptors (Lipinski definition) is 4. The van der Waals surface area contributed by atoms with Crippen LogP contribution in [0.2, 0.25) is 0 Å². The lowest BCUT2D eigenvalue weighted by Crippen LogP contribution is -2.93. The Morgan fingerprint density at radius 2 is 1.00 bits per heavy atom. The molecule has 2 saturated heterocycles. The van der Waals surface area contributed by atoms with Gasteiger partial charge in [-0.3, -0.25) is 19.2 Å². The Bertz CT molecular complexity index is 788. The Hall–Kier alpha value is -2.58. The molecule has 4 fully saturated rings. The van der Waals surface area contributed by atoms with E-state index in [1.807, 2.05) is 10.6 Å². The van der Waals surface area contributed by atoms with E-state index in [1.165, 1.54) is 9.80 Å². The van der Waals surface area contributed by atoms with Gasteiger partial charge in [0.25, 0.3) is 11.8 Å². The van der Waals surface area contributed by atoms with Gasteiger partial charge in [0.2, 0.25) is 11.8 Å². The van der Waals surface area contributed by atoms with Crippen LogP contribution in [0.25, 0.3) is 0 Å². The van der Waals surface area contributed by atoms with Crippen molar-refractivity contribution in [3.63, 3.8) is 0 Å². The van der Waals surface area contributed by atoms with E-state index in [-0.39, 0.29) is 48.6 Å². The van der Waals surface area contributed by atoms with Crippen LogP contribution in [-0.4, -0.2) is 47.8 Å². The molecule has 2 heterocycles. The molecular formula is C20H24N4O4+2. The molecule has 0 spiro atoms. The fraction of sp³-hybridized carbons (Fsp3) is 0.500. The van der Waals surface area contributed by atoms with Crippen LogP contribution in [0, 0.1) is 0 Å². The van der Waals surface area contributed by atoms with Crippen molar-refractivity contribution in [3.05, 3.63) is 24.3 Å². The summed E-state index contributed by atoms with van der Waals surface area (Å²) in [6.45, 7) is 0. The predicted octanol–water partition coefficient (Wildman–Crippen LogP) is -1.60. The van der Waals surface area contributed by atoms with E-state index in [0.29, 0.717) is 23.5 Å². The molecule has 2 aliphatic carbocycles. The summed E-state index contributed by atoms with van der Waals surface area (Å²) in [5.74, 6) is -0.770. The smallest absolute Gasteiger partial charge is 0.292 e. The maximum Gasteiger partial charge on any atom is 0.292 e. The van der Waals surface area contributed by atoms with E-state index < -0.39 is 0 Å². The number of hydrogen-bond donors (Lipinski definition) is 2. The number of nitrogens with zero attached hydrogens (tertiary/aromatic N) is 2. The molecule has 5 rings (SSSR count). The predicted molar refractivity (Wildman–Crippen MR) is 98.1 cm³/mol. The van der Waals surface area contributed by atoms with Crippen molar-refractivity contribution in [1.29, 1.82) is 0 Å². The highest BCUT2D eigenvalue weighted by molar-refractivity contribution is 6.23. The Morgan fingerprint density at radius 1 is 0.643 bits per heavy atom. The average molecular weight is 384 g/mol. The first-order valence-electron chi connectivity index (χ1n) is 10.0. The SMILES string of the molecule is O=C1C[C@H]([NH2+]C2CC2)C(=O)N1c1ccc(N2C(=O)C[C@H]([NH2+]C3CC3)C2=O)cc1. The number of rotatable bonds is 6. The topological polar surface area (TPSA) is 108 Å². The molecule has 0 unspecified atom stereocenters. The summed E-state index contributed by atoms with van der Waals surface area (Å²) in [6, 6.07) is 6.84.